The van der Waals surface area contributed by atoms with E-state index in [9.17, 15) is 35.1 Å². The van der Waals surface area contributed by atoms with E-state index in [1.165, 1.54) is 205 Å². The summed E-state index contributed by atoms with van der Waals surface area (Å²) in [5, 5.41) is 54.2. The van der Waals surface area contributed by atoms with Crippen LogP contribution in [0.4, 0.5) is 0 Å². The van der Waals surface area contributed by atoms with Crippen LogP contribution >= 0.6 is 0 Å². The Balaban J connectivity index is 1.96. The minimum atomic E-state index is -1.57. The summed E-state index contributed by atoms with van der Waals surface area (Å²) in [6, 6.07) is -0.810. The number of nitrogens with one attached hydrogen (secondary N) is 1. The molecule has 1 amide bonds. The summed E-state index contributed by atoms with van der Waals surface area (Å²) in [5.41, 5.74) is 0. The van der Waals surface area contributed by atoms with Crippen molar-refractivity contribution in [1.82, 2.24) is 5.32 Å². The van der Waals surface area contributed by atoms with Crippen LogP contribution in [-0.4, -0.2) is 100 Å². The van der Waals surface area contributed by atoms with E-state index >= 15 is 0 Å². The number of aliphatic hydroxyl groups is 5. The molecule has 450 valence electrons. The molecule has 1 rings (SSSR count). The standard InChI is InChI=1S/C66H121NO10/c1-3-5-7-9-11-13-14-30-34-38-42-46-50-54-62(71)75-55-51-47-43-39-35-32-29-27-25-23-21-19-17-15-16-18-20-22-24-26-28-31-33-37-41-45-49-53-61(70)67-58(59(69)52-48-44-40-36-12-10-8-6-4-2)57-76-66-65(74)64(73)63(72)60(56-68)77-66/h7,9,13-16,48,52,58-60,63-66,68-69,72-74H,3-6,8,10-12,17-47,49-51,53-57H2,1-2H3,(H,67,70)/b9-7-,14-13-,16-15-,52-48+. The number of hydrogen-bond donors (Lipinski definition) is 6. The van der Waals surface area contributed by atoms with Crippen molar-refractivity contribution < 1.29 is 49.3 Å². The van der Waals surface area contributed by atoms with Gasteiger partial charge in [-0.25, -0.2) is 0 Å². The lowest BCUT2D eigenvalue weighted by molar-refractivity contribution is -0.302. The average Bonchev–Trinajstić information content (AvgIpc) is 3.43. The van der Waals surface area contributed by atoms with Crippen LogP contribution in [0.2, 0.25) is 0 Å². The molecule has 7 unspecified atom stereocenters. The van der Waals surface area contributed by atoms with Gasteiger partial charge < -0.3 is 45.1 Å². The minimum Gasteiger partial charge on any atom is -0.466 e. The predicted molar refractivity (Wildman–Crippen MR) is 320 cm³/mol. The molecule has 0 aromatic heterocycles. The Kier molecular flexibility index (Phi) is 52.4. The molecule has 7 atom stereocenters. The van der Waals surface area contributed by atoms with Crippen LogP contribution in [0.15, 0.2) is 48.6 Å². The number of carbonyl (C=O) groups excluding carboxylic acids is 2. The molecule has 1 aliphatic rings. The largest absolute Gasteiger partial charge is 0.466 e. The first-order valence-electron chi connectivity index (χ1n) is 32.4. The van der Waals surface area contributed by atoms with Gasteiger partial charge in [-0.1, -0.05) is 249 Å². The summed E-state index contributed by atoms with van der Waals surface area (Å²) in [6.07, 6.45) is 61.0. The molecule has 6 N–H and O–H groups in total. The van der Waals surface area contributed by atoms with E-state index in [-0.39, 0.29) is 18.5 Å². The maximum absolute atomic E-state index is 13.0. The van der Waals surface area contributed by atoms with Crippen LogP contribution in [0, 0.1) is 0 Å². The Hall–Kier alpha value is -2.38. The molecule has 1 aliphatic heterocycles. The maximum atomic E-state index is 13.0. The Morgan fingerprint density at radius 1 is 0.481 bits per heavy atom. The first-order chi connectivity index (χ1) is 37.7. The Morgan fingerprint density at radius 2 is 0.896 bits per heavy atom. The van der Waals surface area contributed by atoms with Crippen molar-refractivity contribution in [3.05, 3.63) is 48.6 Å². The first-order valence-corrected chi connectivity index (χ1v) is 32.4. The molecule has 0 bridgehead atoms. The van der Waals surface area contributed by atoms with Gasteiger partial charge in [0, 0.05) is 12.8 Å². The van der Waals surface area contributed by atoms with Crippen molar-refractivity contribution in [3.63, 3.8) is 0 Å². The van der Waals surface area contributed by atoms with Crippen molar-refractivity contribution in [2.45, 2.75) is 339 Å². The number of carbonyl (C=O) groups is 2. The summed E-state index contributed by atoms with van der Waals surface area (Å²) in [4.78, 5) is 25.0. The van der Waals surface area contributed by atoms with E-state index in [1.807, 2.05) is 6.08 Å². The summed E-state index contributed by atoms with van der Waals surface area (Å²) >= 11 is 0. The van der Waals surface area contributed by atoms with Gasteiger partial charge in [0.2, 0.25) is 5.91 Å². The van der Waals surface area contributed by atoms with Crippen molar-refractivity contribution in [2.75, 3.05) is 19.8 Å². The highest BCUT2D eigenvalue weighted by Gasteiger charge is 2.44. The topological polar surface area (TPSA) is 175 Å². The molecule has 0 aromatic carbocycles. The molecular formula is C66H121NO10. The highest BCUT2D eigenvalue weighted by atomic mass is 16.7. The molecule has 0 aliphatic carbocycles. The van der Waals surface area contributed by atoms with Crippen LogP contribution in [0.3, 0.4) is 0 Å². The van der Waals surface area contributed by atoms with Gasteiger partial charge in [0.15, 0.2) is 6.29 Å². The third-order valence-corrected chi connectivity index (χ3v) is 15.1. The van der Waals surface area contributed by atoms with Crippen LogP contribution in [-0.2, 0) is 23.8 Å². The number of ether oxygens (including phenoxy) is 3. The second-order valence-electron chi connectivity index (χ2n) is 22.5. The SMILES string of the molecule is CCC/C=C\C/C=C\CCCCCCCC(=O)OCCCCCCCCCCCCCC/C=C\CCCCCCCCCCCCCC(=O)NC(COC1OC(CO)C(O)C(O)C1O)C(O)/C=C/CCCCCCCCC. The van der Waals surface area contributed by atoms with Crippen LogP contribution in [0.5, 0.6) is 0 Å². The molecule has 0 radical (unpaired) electrons. The molecule has 77 heavy (non-hydrogen) atoms. The van der Waals surface area contributed by atoms with Crippen molar-refractivity contribution >= 4 is 11.9 Å². The van der Waals surface area contributed by atoms with Gasteiger partial charge in [-0.05, 0) is 83.5 Å². The summed E-state index contributed by atoms with van der Waals surface area (Å²) in [7, 11) is 0. The third-order valence-electron chi connectivity index (χ3n) is 15.1. The smallest absolute Gasteiger partial charge is 0.305 e. The van der Waals surface area contributed by atoms with Gasteiger partial charge in [0.1, 0.15) is 24.4 Å². The van der Waals surface area contributed by atoms with Crippen LogP contribution in [0.25, 0.3) is 0 Å². The average molecular weight is 1090 g/mol. The molecule has 0 spiro atoms. The quantitative estimate of drug-likeness (QED) is 0.0195. The lowest BCUT2D eigenvalue weighted by atomic mass is 9.99. The number of unbranched alkanes of at least 4 members (excludes halogenated alkanes) is 36. The number of hydrogen-bond acceptors (Lipinski definition) is 10. The zero-order valence-electron chi connectivity index (χ0n) is 49.7. The summed E-state index contributed by atoms with van der Waals surface area (Å²) in [5.74, 6) is -0.195. The third kappa shape index (κ3) is 45.0. The van der Waals surface area contributed by atoms with Gasteiger partial charge >= 0.3 is 5.97 Å². The van der Waals surface area contributed by atoms with E-state index in [1.54, 1.807) is 6.08 Å². The summed E-state index contributed by atoms with van der Waals surface area (Å²) < 4.78 is 16.7. The molecule has 0 saturated carbocycles. The zero-order valence-corrected chi connectivity index (χ0v) is 49.7. The number of rotatable bonds is 56. The van der Waals surface area contributed by atoms with E-state index in [0.29, 0.717) is 19.4 Å². The highest BCUT2D eigenvalue weighted by molar-refractivity contribution is 5.76. The Bertz CT molecular complexity index is 1420. The van der Waals surface area contributed by atoms with Gasteiger partial charge in [-0.15, -0.1) is 0 Å². The van der Waals surface area contributed by atoms with E-state index in [2.05, 4.69) is 55.6 Å². The van der Waals surface area contributed by atoms with E-state index in [4.69, 9.17) is 14.2 Å². The maximum Gasteiger partial charge on any atom is 0.305 e. The van der Waals surface area contributed by atoms with Gasteiger partial charge in [-0.3, -0.25) is 9.59 Å². The summed E-state index contributed by atoms with van der Waals surface area (Å²) in [6.45, 7) is 4.25. The normalized spacial score (nSPS) is 18.9. The predicted octanol–water partition coefficient (Wildman–Crippen LogP) is 15.6. The fourth-order valence-electron chi connectivity index (χ4n) is 10.00. The lowest BCUT2D eigenvalue weighted by Gasteiger charge is -2.40. The molecule has 0 aromatic rings. The molecule has 11 nitrogen and oxygen atoms in total. The molecule has 1 heterocycles. The number of aliphatic hydroxyl groups excluding tert-OH is 5. The van der Waals surface area contributed by atoms with Crippen LogP contribution in [0.1, 0.15) is 296 Å². The van der Waals surface area contributed by atoms with Gasteiger partial charge in [-0.2, -0.15) is 0 Å². The molecule has 1 fully saturated rings. The Morgan fingerprint density at radius 3 is 1.38 bits per heavy atom. The van der Waals surface area contributed by atoms with Crippen molar-refractivity contribution in [1.29, 1.82) is 0 Å². The second-order valence-corrected chi connectivity index (χ2v) is 22.5. The lowest BCUT2D eigenvalue weighted by Crippen LogP contribution is -2.60. The van der Waals surface area contributed by atoms with E-state index in [0.717, 1.165) is 64.2 Å². The fraction of sp³-hybridized carbons (Fsp3) is 0.848. The van der Waals surface area contributed by atoms with Gasteiger partial charge in [0.25, 0.3) is 0 Å². The fourth-order valence-corrected chi connectivity index (χ4v) is 10.00. The molecule has 1 saturated heterocycles. The van der Waals surface area contributed by atoms with E-state index < -0.39 is 49.5 Å². The number of amides is 1. The zero-order chi connectivity index (χ0) is 55.9. The second kappa shape index (κ2) is 55.5. The Labute approximate surface area is 472 Å². The van der Waals surface area contributed by atoms with Crippen LogP contribution < -0.4 is 5.32 Å². The highest BCUT2D eigenvalue weighted by Crippen LogP contribution is 2.23. The number of allylic oxidation sites excluding steroid dienone is 7. The van der Waals surface area contributed by atoms with Crippen molar-refractivity contribution in [2.24, 2.45) is 0 Å². The van der Waals surface area contributed by atoms with Crippen molar-refractivity contribution in [3.8, 4) is 0 Å². The van der Waals surface area contributed by atoms with Gasteiger partial charge in [0.05, 0.1) is 32.0 Å². The monoisotopic (exact) mass is 1090 g/mol. The first kappa shape index (κ1) is 72.6. The molecule has 11 heteroatoms. The molecular weight excluding hydrogens is 967 g/mol. The minimum absolute atomic E-state index is 0.0103. The number of esters is 1.